The number of halogens is 1. The van der Waals surface area contributed by atoms with E-state index in [1.165, 1.54) is 0 Å². The molecule has 0 bridgehead atoms. The van der Waals surface area contributed by atoms with Crippen LogP contribution >= 0.6 is 11.6 Å². The fraction of sp³-hybridized carbons (Fsp3) is 0.429. The largest absolute Gasteiger partial charge is 0.409 e. The smallest absolute Gasteiger partial charge is 0.238 e. The highest BCUT2D eigenvalue weighted by atomic mass is 35.5. The second-order valence-corrected chi connectivity index (χ2v) is 5.93. The molecule has 0 aromatic heterocycles. The maximum Gasteiger partial charge on any atom is 0.238 e. The number of nitrogens with two attached hydrogens (primary N) is 1. The topological polar surface area (TPSA) is 87.7 Å². The van der Waals surface area contributed by atoms with Gasteiger partial charge in [-0.1, -0.05) is 29.7 Å². The third-order valence-corrected chi connectivity index (χ3v) is 4.11. The average molecular weight is 296 g/mol. The Morgan fingerprint density at radius 2 is 2.20 bits per heavy atom. The van der Waals surface area contributed by atoms with Crippen LogP contribution in [0.15, 0.2) is 23.4 Å². The van der Waals surface area contributed by atoms with E-state index in [1.807, 2.05) is 19.9 Å². The van der Waals surface area contributed by atoms with Crippen LogP contribution in [0.25, 0.3) is 0 Å². The van der Waals surface area contributed by atoms with Crippen LogP contribution in [0.2, 0.25) is 5.02 Å². The molecule has 0 radical (unpaired) electrons. The summed E-state index contributed by atoms with van der Waals surface area (Å²) in [6.07, 6.45) is 1.16. The molecule has 0 aliphatic heterocycles. The normalized spacial score (nSPS) is 25.9. The Balaban J connectivity index is 2.24. The van der Waals surface area contributed by atoms with E-state index >= 15 is 0 Å². The van der Waals surface area contributed by atoms with Gasteiger partial charge in [0, 0.05) is 10.7 Å². The van der Waals surface area contributed by atoms with Crippen molar-refractivity contribution in [3.05, 3.63) is 28.8 Å². The predicted molar refractivity (Wildman–Crippen MR) is 79.1 cm³/mol. The summed E-state index contributed by atoms with van der Waals surface area (Å²) in [7, 11) is 0. The van der Waals surface area contributed by atoms with Crippen LogP contribution in [0.1, 0.15) is 25.3 Å². The van der Waals surface area contributed by atoms with E-state index in [1.54, 1.807) is 12.1 Å². The fourth-order valence-electron chi connectivity index (χ4n) is 2.71. The number of benzene rings is 1. The van der Waals surface area contributed by atoms with Crippen molar-refractivity contribution in [2.24, 2.45) is 22.2 Å². The number of oxime groups is 1. The van der Waals surface area contributed by atoms with Gasteiger partial charge in [0.05, 0.1) is 0 Å². The minimum atomic E-state index is -0.914. The number of amides is 1. The van der Waals surface area contributed by atoms with Crippen LogP contribution in [0.3, 0.4) is 0 Å². The van der Waals surface area contributed by atoms with Gasteiger partial charge in [-0.05, 0) is 43.4 Å². The molecule has 0 atom stereocenters. The van der Waals surface area contributed by atoms with Crippen molar-refractivity contribution in [3.63, 3.8) is 0 Å². The minimum absolute atomic E-state index is 0.0345. The molecular formula is C14H18ClN3O2. The zero-order valence-electron chi connectivity index (χ0n) is 11.5. The number of hydrogen-bond acceptors (Lipinski definition) is 3. The monoisotopic (exact) mass is 295 g/mol. The van der Waals surface area contributed by atoms with Gasteiger partial charge in [0.1, 0.15) is 5.41 Å². The summed E-state index contributed by atoms with van der Waals surface area (Å²) in [6, 6.07) is 5.28. The molecule has 0 saturated heterocycles. The van der Waals surface area contributed by atoms with Gasteiger partial charge in [-0.25, -0.2) is 0 Å². The molecule has 1 aliphatic rings. The minimum Gasteiger partial charge on any atom is -0.409 e. The zero-order valence-corrected chi connectivity index (χ0v) is 12.2. The Morgan fingerprint density at radius 3 is 2.75 bits per heavy atom. The van der Waals surface area contributed by atoms with E-state index in [2.05, 4.69) is 10.5 Å². The van der Waals surface area contributed by atoms with Crippen molar-refractivity contribution in [3.8, 4) is 0 Å². The van der Waals surface area contributed by atoms with Crippen molar-refractivity contribution >= 4 is 29.0 Å². The number of rotatable bonds is 3. The lowest BCUT2D eigenvalue weighted by Crippen LogP contribution is -2.54. The summed E-state index contributed by atoms with van der Waals surface area (Å²) in [4.78, 5) is 12.5. The summed E-state index contributed by atoms with van der Waals surface area (Å²) in [5.41, 5.74) is 6.35. The summed E-state index contributed by atoms with van der Waals surface area (Å²) < 4.78 is 0. The molecule has 108 valence electrons. The van der Waals surface area contributed by atoms with Gasteiger partial charge < -0.3 is 16.3 Å². The van der Waals surface area contributed by atoms with E-state index in [0.29, 0.717) is 29.5 Å². The van der Waals surface area contributed by atoms with E-state index in [4.69, 9.17) is 22.5 Å². The van der Waals surface area contributed by atoms with Crippen LogP contribution < -0.4 is 11.1 Å². The SMILES string of the molecule is Cc1ccc(Cl)cc1NC(=O)C1(/C(N)=N/O)CC(C)C1. The summed E-state index contributed by atoms with van der Waals surface area (Å²) in [6.45, 7) is 3.91. The lowest BCUT2D eigenvalue weighted by atomic mass is 9.61. The van der Waals surface area contributed by atoms with E-state index < -0.39 is 5.41 Å². The number of nitrogens with one attached hydrogen (secondary N) is 1. The van der Waals surface area contributed by atoms with Gasteiger partial charge in [0.2, 0.25) is 5.91 Å². The van der Waals surface area contributed by atoms with Crippen molar-refractivity contribution in [2.75, 3.05) is 5.32 Å². The number of nitrogens with zero attached hydrogens (tertiary/aromatic N) is 1. The average Bonchev–Trinajstić information content (AvgIpc) is 2.38. The molecule has 0 heterocycles. The predicted octanol–water partition coefficient (Wildman–Crippen LogP) is 2.75. The molecule has 1 aromatic rings. The maximum absolute atomic E-state index is 12.5. The quantitative estimate of drug-likeness (QED) is 0.347. The van der Waals surface area contributed by atoms with Crippen molar-refractivity contribution in [2.45, 2.75) is 26.7 Å². The highest BCUT2D eigenvalue weighted by molar-refractivity contribution is 6.31. The highest BCUT2D eigenvalue weighted by Crippen LogP contribution is 2.46. The maximum atomic E-state index is 12.5. The van der Waals surface area contributed by atoms with Crippen LogP contribution in [0.4, 0.5) is 5.69 Å². The van der Waals surface area contributed by atoms with Crippen LogP contribution in [-0.4, -0.2) is 17.0 Å². The Labute approximate surface area is 122 Å². The van der Waals surface area contributed by atoms with Crippen molar-refractivity contribution in [1.29, 1.82) is 0 Å². The summed E-state index contributed by atoms with van der Waals surface area (Å²) in [5, 5.41) is 15.3. The third kappa shape index (κ3) is 2.45. The molecule has 1 amide bonds. The highest BCUT2D eigenvalue weighted by Gasteiger charge is 2.52. The van der Waals surface area contributed by atoms with Gasteiger partial charge in [-0.2, -0.15) is 0 Å². The molecule has 20 heavy (non-hydrogen) atoms. The molecule has 1 saturated carbocycles. The first-order valence-electron chi connectivity index (χ1n) is 6.44. The van der Waals surface area contributed by atoms with E-state index in [-0.39, 0.29) is 11.7 Å². The van der Waals surface area contributed by atoms with Gasteiger partial charge in [0.25, 0.3) is 0 Å². The molecule has 6 heteroatoms. The third-order valence-electron chi connectivity index (χ3n) is 3.87. The Bertz CT molecular complexity index is 566. The van der Waals surface area contributed by atoms with Gasteiger partial charge in [-0.3, -0.25) is 4.79 Å². The first kappa shape index (κ1) is 14.7. The second-order valence-electron chi connectivity index (χ2n) is 5.49. The first-order chi connectivity index (χ1) is 9.39. The number of amidine groups is 1. The molecule has 1 aromatic carbocycles. The standard InChI is InChI=1S/C14H18ClN3O2/c1-8-6-14(7-8,12(16)18-20)13(19)17-11-5-10(15)4-3-9(11)2/h3-5,8,20H,6-7H2,1-2H3,(H2,16,18)(H,17,19). The molecule has 1 fully saturated rings. The molecule has 1 aliphatic carbocycles. The van der Waals surface area contributed by atoms with Gasteiger partial charge >= 0.3 is 0 Å². The molecule has 0 unspecified atom stereocenters. The lowest BCUT2D eigenvalue weighted by molar-refractivity contribution is -0.127. The molecule has 0 spiro atoms. The number of aryl methyl sites for hydroxylation is 1. The van der Waals surface area contributed by atoms with Gasteiger partial charge in [0.15, 0.2) is 5.84 Å². The Morgan fingerprint density at radius 1 is 1.55 bits per heavy atom. The van der Waals surface area contributed by atoms with Crippen LogP contribution in [-0.2, 0) is 4.79 Å². The fourth-order valence-corrected chi connectivity index (χ4v) is 2.88. The van der Waals surface area contributed by atoms with Crippen molar-refractivity contribution in [1.82, 2.24) is 0 Å². The zero-order chi connectivity index (χ0) is 14.9. The second kappa shape index (κ2) is 5.32. The number of carbonyl (C=O) groups is 1. The first-order valence-corrected chi connectivity index (χ1v) is 6.82. The molecule has 2 rings (SSSR count). The van der Waals surface area contributed by atoms with Crippen LogP contribution in [0.5, 0.6) is 0 Å². The van der Waals surface area contributed by atoms with E-state index in [9.17, 15) is 4.79 Å². The number of carbonyl (C=O) groups excluding carboxylic acids is 1. The molecule has 5 nitrogen and oxygen atoms in total. The Hall–Kier alpha value is -1.75. The molecular weight excluding hydrogens is 278 g/mol. The summed E-state index contributed by atoms with van der Waals surface area (Å²) in [5.74, 6) is 0.0885. The van der Waals surface area contributed by atoms with E-state index in [0.717, 1.165) is 5.56 Å². The lowest BCUT2D eigenvalue weighted by Gasteiger charge is -2.43. The number of hydrogen-bond donors (Lipinski definition) is 3. The molecule has 4 N–H and O–H groups in total. The number of anilines is 1. The van der Waals surface area contributed by atoms with Crippen LogP contribution in [0, 0.1) is 18.3 Å². The van der Waals surface area contributed by atoms with Crippen molar-refractivity contribution < 1.29 is 10.0 Å². The van der Waals surface area contributed by atoms with Gasteiger partial charge in [-0.15, -0.1) is 0 Å². The summed E-state index contributed by atoms with van der Waals surface area (Å²) >= 11 is 5.94. The Kier molecular flexibility index (Phi) is 3.90.